The predicted octanol–water partition coefficient (Wildman–Crippen LogP) is 3.59. The van der Waals surface area contributed by atoms with Crippen LogP contribution in [-0.4, -0.2) is 13.1 Å². The van der Waals surface area contributed by atoms with Crippen molar-refractivity contribution in [2.75, 3.05) is 7.11 Å². The van der Waals surface area contributed by atoms with Crippen molar-refractivity contribution in [1.82, 2.24) is 0 Å². The average molecular weight is 236 g/mol. The van der Waals surface area contributed by atoms with Crippen LogP contribution in [0.25, 0.3) is 0 Å². The first-order valence-corrected chi connectivity index (χ1v) is 6.03. The molecule has 0 aliphatic rings. The highest BCUT2D eigenvalue weighted by Gasteiger charge is 2.04. The van der Waals surface area contributed by atoms with E-state index in [1.54, 1.807) is 5.41 Å². The second kappa shape index (κ2) is 6.38. The van der Waals surface area contributed by atoms with Gasteiger partial charge in [-0.3, -0.25) is 0 Å². The third kappa shape index (κ3) is 3.74. The Labute approximate surface area is 101 Å². The number of ether oxygens (including phenoxy) is 1. The SMILES string of the molecule is COC(=O)/C=C\Sc1ccccc1C(C)C. The summed E-state index contributed by atoms with van der Waals surface area (Å²) in [6, 6.07) is 8.20. The van der Waals surface area contributed by atoms with Gasteiger partial charge in [0.2, 0.25) is 0 Å². The first-order chi connectivity index (χ1) is 7.65. The quantitative estimate of drug-likeness (QED) is 0.454. The Kier molecular flexibility index (Phi) is 5.12. The fourth-order valence-corrected chi connectivity index (χ4v) is 2.22. The van der Waals surface area contributed by atoms with E-state index < -0.39 is 0 Å². The van der Waals surface area contributed by atoms with Gasteiger partial charge in [-0.2, -0.15) is 0 Å². The van der Waals surface area contributed by atoms with Crippen LogP contribution in [-0.2, 0) is 9.53 Å². The van der Waals surface area contributed by atoms with Crippen LogP contribution < -0.4 is 0 Å². The van der Waals surface area contributed by atoms with Crippen LogP contribution in [0.4, 0.5) is 0 Å². The highest BCUT2D eigenvalue weighted by atomic mass is 32.2. The van der Waals surface area contributed by atoms with E-state index in [0.717, 1.165) is 0 Å². The fraction of sp³-hybridized carbons (Fsp3) is 0.308. The summed E-state index contributed by atoms with van der Waals surface area (Å²) in [6.45, 7) is 4.31. The molecule has 1 aromatic rings. The Morgan fingerprint density at radius 1 is 1.38 bits per heavy atom. The van der Waals surface area contributed by atoms with E-state index in [1.807, 2.05) is 12.1 Å². The molecular formula is C13H16O2S. The molecular weight excluding hydrogens is 220 g/mol. The van der Waals surface area contributed by atoms with E-state index in [1.165, 1.54) is 35.4 Å². The van der Waals surface area contributed by atoms with Crippen molar-refractivity contribution < 1.29 is 9.53 Å². The van der Waals surface area contributed by atoms with Gasteiger partial charge in [0.1, 0.15) is 0 Å². The molecule has 0 unspecified atom stereocenters. The zero-order valence-corrected chi connectivity index (χ0v) is 10.6. The molecule has 0 saturated carbocycles. The third-order valence-corrected chi connectivity index (χ3v) is 3.04. The number of carbonyl (C=O) groups is 1. The van der Waals surface area contributed by atoms with Crippen molar-refractivity contribution >= 4 is 17.7 Å². The number of benzene rings is 1. The third-order valence-electron chi connectivity index (χ3n) is 2.14. The second-order valence-corrected chi connectivity index (χ2v) is 4.58. The number of carbonyl (C=O) groups excluding carboxylic acids is 1. The summed E-state index contributed by atoms with van der Waals surface area (Å²) < 4.78 is 4.53. The molecule has 3 heteroatoms. The van der Waals surface area contributed by atoms with Gasteiger partial charge in [-0.1, -0.05) is 43.8 Å². The van der Waals surface area contributed by atoms with Crippen LogP contribution in [0.15, 0.2) is 40.6 Å². The summed E-state index contributed by atoms with van der Waals surface area (Å²) in [6.07, 6.45) is 1.43. The normalized spacial score (nSPS) is 11.0. The molecule has 0 atom stereocenters. The number of rotatable bonds is 4. The minimum absolute atomic E-state index is 0.325. The summed E-state index contributed by atoms with van der Waals surface area (Å²) in [7, 11) is 1.37. The predicted molar refractivity (Wildman–Crippen MR) is 67.5 cm³/mol. The Balaban J connectivity index is 2.74. The Morgan fingerprint density at radius 2 is 2.06 bits per heavy atom. The molecule has 0 radical (unpaired) electrons. The van der Waals surface area contributed by atoms with Gasteiger partial charge in [0, 0.05) is 11.0 Å². The second-order valence-electron chi connectivity index (χ2n) is 3.64. The summed E-state index contributed by atoms with van der Waals surface area (Å²) in [5.41, 5.74) is 1.29. The molecule has 0 aliphatic heterocycles. The van der Waals surface area contributed by atoms with Crippen molar-refractivity contribution in [1.29, 1.82) is 0 Å². The standard InChI is InChI=1S/C13H16O2S/c1-10(2)11-6-4-5-7-12(11)16-9-8-13(14)15-3/h4-10H,1-3H3/b9-8-. The number of thioether (sulfide) groups is 1. The van der Waals surface area contributed by atoms with Crippen LogP contribution in [0.1, 0.15) is 25.3 Å². The van der Waals surface area contributed by atoms with Crippen LogP contribution in [0.3, 0.4) is 0 Å². The lowest BCUT2D eigenvalue weighted by atomic mass is 10.0. The van der Waals surface area contributed by atoms with Crippen LogP contribution in [0, 0.1) is 0 Å². The van der Waals surface area contributed by atoms with E-state index in [9.17, 15) is 4.79 Å². The minimum Gasteiger partial charge on any atom is -0.466 e. The molecule has 16 heavy (non-hydrogen) atoms. The Morgan fingerprint density at radius 3 is 2.69 bits per heavy atom. The highest BCUT2D eigenvalue weighted by Crippen LogP contribution is 2.28. The lowest BCUT2D eigenvalue weighted by molar-refractivity contribution is -0.134. The molecule has 0 spiro atoms. The zero-order valence-electron chi connectivity index (χ0n) is 9.77. The average Bonchev–Trinajstić information content (AvgIpc) is 2.29. The van der Waals surface area contributed by atoms with Gasteiger partial charge < -0.3 is 4.74 Å². The molecule has 2 nitrogen and oxygen atoms in total. The van der Waals surface area contributed by atoms with Crippen LogP contribution >= 0.6 is 11.8 Å². The molecule has 0 N–H and O–H groups in total. The summed E-state index contributed by atoms with van der Waals surface area (Å²) in [5, 5.41) is 1.76. The first-order valence-electron chi connectivity index (χ1n) is 5.15. The van der Waals surface area contributed by atoms with Crippen LogP contribution in [0.5, 0.6) is 0 Å². The highest BCUT2D eigenvalue weighted by molar-refractivity contribution is 8.02. The van der Waals surface area contributed by atoms with Crippen LogP contribution in [0.2, 0.25) is 0 Å². The summed E-state index contributed by atoms with van der Waals surface area (Å²) in [5.74, 6) is 0.157. The van der Waals surface area contributed by atoms with E-state index in [4.69, 9.17) is 0 Å². The molecule has 0 aromatic heterocycles. The Bertz CT molecular complexity index is 383. The maximum absolute atomic E-state index is 10.9. The molecule has 0 bridgehead atoms. The topological polar surface area (TPSA) is 26.3 Å². The number of methoxy groups -OCH3 is 1. The lowest BCUT2D eigenvalue weighted by Crippen LogP contribution is -1.93. The number of hydrogen-bond donors (Lipinski definition) is 0. The molecule has 0 heterocycles. The molecule has 0 fully saturated rings. The molecule has 1 aromatic carbocycles. The van der Waals surface area contributed by atoms with Crippen molar-refractivity contribution in [3.8, 4) is 0 Å². The lowest BCUT2D eigenvalue weighted by Gasteiger charge is -2.09. The van der Waals surface area contributed by atoms with Gasteiger partial charge in [-0.15, -0.1) is 0 Å². The largest absolute Gasteiger partial charge is 0.466 e. The monoisotopic (exact) mass is 236 g/mol. The first kappa shape index (κ1) is 12.8. The molecule has 0 aliphatic carbocycles. The maximum atomic E-state index is 10.9. The van der Waals surface area contributed by atoms with Gasteiger partial charge in [-0.05, 0) is 23.0 Å². The van der Waals surface area contributed by atoms with E-state index in [0.29, 0.717) is 5.92 Å². The number of hydrogen-bond acceptors (Lipinski definition) is 3. The van der Waals surface area contributed by atoms with Gasteiger partial charge in [0.15, 0.2) is 0 Å². The van der Waals surface area contributed by atoms with Gasteiger partial charge in [0.25, 0.3) is 0 Å². The Hall–Kier alpha value is -1.22. The molecule has 0 amide bonds. The van der Waals surface area contributed by atoms with Gasteiger partial charge in [0.05, 0.1) is 7.11 Å². The maximum Gasteiger partial charge on any atom is 0.330 e. The van der Waals surface area contributed by atoms with Gasteiger partial charge >= 0.3 is 5.97 Å². The van der Waals surface area contributed by atoms with Crippen molar-refractivity contribution in [3.63, 3.8) is 0 Å². The molecule has 86 valence electrons. The summed E-state index contributed by atoms with van der Waals surface area (Å²) >= 11 is 1.54. The smallest absolute Gasteiger partial charge is 0.330 e. The molecule has 0 saturated heterocycles. The summed E-state index contributed by atoms with van der Waals surface area (Å²) in [4.78, 5) is 12.1. The number of esters is 1. The fourth-order valence-electron chi connectivity index (χ4n) is 1.30. The van der Waals surface area contributed by atoms with E-state index in [2.05, 4.69) is 30.7 Å². The minimum atomic E-state index is -0.325. The van der Waals surface area contributed by atoms with E-state index in [-0.39, 0.29) is 5.97 Å². The van der Waals surface area contributed by atoms with E-state index >= 15 is 0 Å². The van der Waals surface area contributed by atoms with Crippen molar-refractivity contribution in [2.45, 2.75) is 24.7 Å². The zero-order chi connectivity index (χ0) is 12.0. The van der Waals surface area contributed by atoms with Crippen molar-refractivity contribution in [2.24, 2.45) is 0 Å². The van der Waals surface area contributed by atoms with Crippen molar-refractivity contribution in [3.05, 3.63) is 41.3 Å². The molecule has 1 rings (SSSR count). The van der Waals surface area contributed by atoms with Gasteiger partial charge in [-0.25, -0.2) is 4.79 Å².